The number of anilines is 1. The summed E-state index contributed by atoms with van der Waals surface area (Å²) in [5, 5.41) is 6.07. The third kappa shape index (κ3) is 4.40. The summed E-state index contributed by atoms with van der Waals surface area (Å²) in [6.45, 7) is -0.781. The molecular formula is C18H12ClF3N4O4. The van der Waals surface area contributed by atoms with Crippen molar-refractivity contribution in [2.45, 2.75) is 6.18 Å². The zero-order chi connectivity index (χ0) is 22.1. The summed E-state index contributed by atoms with van der Waals surface area (Å²) in [6.07, 6.45) is -4.13. The Morgan fingerprint density at radius 1 is 1.23 bits per heavy atom. The predicted molar refractivity (Wildman–Crippen MR) is 100 cm³/mol. The fourth-order valence-electron chi connectivity index (χ4n) is 2.50. The maximum atomic E-state index is 12.6. The monoisotopic (exact) mass is 440 g/mol. The number of pyridine rings is 1. The van der Waals surface area contributed by atoms with Crippen LogP contribution >= 0.6 is 11.6 Å². The number of fused-ring (bicyclic) bond motifs is 1. The van der Waals surface area contributed by atoms with Gasteiger partial charge in [-0.3, -0.25) is 9.59 Å². The largest absolute Gasteiger partial charge is 0.451 e. The van der Waals surface area contributed by atoms with Crippen LogP contribution in [-0.4, -0.2) is 33.2 Å². The lowest BCUT2D eigenvalue weighted by Crippen LogP contribution is -2.26. The van der Waals surface area contributed by atoms with E-state index in [-0.39, 0.29) is 22.3 Å². The predicted octanol–water partition coefficient (Wildman–Crippen LogP) is 2.80. The summed E-state index contributed by atoms with van der Waals surface area (Å²) >= 11 is 5.71. The molecule has 30 heavy (non-hydrogen) atoms. The molecule has 1 N–H and O–H groups in total. The molecule has 1 aromatic carbocycles. The van der Waals surface area contributed by atoms with Crippen LogP contribution in [0.5, 0.6) is 0 Å². The molecule has 0 unspecified atom stereocenters. The standard InChI is InChI=1S/C18H12ClF3N4O4/c1-26-16(28)11-5-3-2-4-10(11)14(25-26)17(29)30-8-13(27)24-15-12(19)6-9(7-23-15)18(20,21)22/h2-7H,8H2,1H3,(H,23,24,27). The van der Waals surface area contributed by atoms with Gasteiger partial charge in [0.15, 0.2) is 18.1 Å². The number of rotatable bonds is 4. The van der Waals surface area contributed by atoms with Crippen molar-refractivity contribution in [1.29, 1.82) is 0 Å². The molecule has 0 atom stereocenters. The first-order valence-electron chi connectivity index (χ1n) is 8.23. The summed E-state index contributed by atoms with van der Waals surface area (Å²) in [5.74, 6) is -2.17. The van der Waals surface area contributed by atoms with Crippen molar-refractivity contribution in [1.82, 2.24) is 14.8 Å². The summed E-state index contributed by atoms with van der Waals surface area (Å²) in [5.41, 5.74) is -1.67. The molecule has 12 heteroatoms. The summed E-state index contributed by atoms with van der Waals surface area (Å²) in [6, 6.07) is 6.85. The van der Waals surface area contributed by atoms with Gasteiger partial charge >= 0.3 is 12.1 Å². The average molecular weight is 441 g/mol. The minimum absolute atomic E-state index is 0.175. The summed E-state index contributed by atoms with van der Waals surface area (Å²) in [7, 11) is 1.36. The molecule has 1 amide bonds. The number of amides is 1. The number of nitrogens with zero attached hydrogens (tertiary/aromatic N) is 3. The highest BCUT2D eigenvalue weighted by molar-refractivity contribution is 6.33. The maximum Gasteiger partial charge on any atom is 0.417 e. The fraction of sp³-hybridized carbons (Fsp3) is 0.167. The normalized spacial score (nSPS) is 11.4. The molecule has 2 heterocycles. The molecule has 0 radical (unpaired) electrons. The van der Waals surface area contributed by atoms with Crippen LogP contribution in [0.25, 0.3) is 10.8 Å². The number of hydrogen-bond acceptors (Lipinski definition) is 6. The molecule has 3 rings (SSSR count). The van der Waals surface area contributed by atoms with Gasteiger partial charge in [-0.1, -0.05) is 29.8 Å². The van der Waals surface area contributed by atoms with E-state index in [9.17, 15) is 27.6 Å². The molecule has 0 aliphatic heterocycles. The molecule has 0 aliphatic carbocycles. The molecule has 2 aromatic heterocycles. The van der Waals surface area contributed by atoms with Gasteiger partial charge in [0.05, 0.1) is 16.0 Å². The Morgan fingerprint density at radius 3 is 2.53 bits per heavy atom. The van der Waals surface area contributed by atoms with Crippen LogP contribution in [0.4, 0.5) is 19.0 Å². The van der Waals surface area contributed by atoms with Gasteiger partial charge < -0.3 is 10.1 Å². The SMILES string of the molecule is Cn1nc(C(=O)OCC(=O)Nc2ncc(C(F)(F)F)cc2Cl)c2ccccc2c1=O. The number of carbonyl (C=O) groups excluding carboxylic acids is 2. The number of halogens is 4. The van der Waals surface area contributed by atoms with Crippen molar-refractivity contribution in [2.75, 3.05) is 11.9 Å². The topological polar surface area (TPSA) is 103 Å². The quantitative estimate of drug-likeness (QED) is 0.626. The smallest absolute Gasteiger partial charge is 0.417 e. The van der Waals surface area contributed by atoms with Crippen LogP contribution in [-0.2, 0) is 22.8 Å². The van der Waals surface area contributed by atoms with Crippen molar-refractivity contribution in [2.24, 2.45) is 7.05 Å². The van der Waals surface area contributed by atoms with Gasteiger partial charge in [-0.2, -0.15) is 18.3 Å². The molecule has 0 aliphatic rings. The Hall–Kier alpha value is -3.47. The molecular weight excluding hydrogens is 429 g/mol. The van der Waals surface area contributed by atoms with Gasteiger partial charge in [-0.15, -0.1) is 0 Å². The Balaban J connectivity index is 1.72. The van der Waals surface area contributed by atoms with E-state index < -0.39 is 40.8 Å². The number of alkyl halides is 3. The minimum Gasteiger partial charge on any atom is -0.451 e. The van der Waals surface area contributed by atoms with E-state index in [1.807, 2.05) is 0 Å². The van der Waals surface area contributed by atoms with Gasteiger partial charge in [0, 0.05) is 18.6 Å². The Labute approximate surface area is 171 Å². The van der Waals surface area contributed by atoms with Gasteiger partial charge in [-0.25, -0.2) is 14.5 Å². The molecule has 0 spiro atoms. The van der Waals surface area contributed by atoms with Crippen molar-refractivity contribution >= 4 is 40.1 Å². The maximum absolute atomic E-state index is 12.6. The minimum atomic E-state index is -4.64. The number of carbonyl (C=O) groups is 2. The van der Waals surface area contributed by atoms with Crippen molar-refractivity contribution < 1.29 is 27.5 Å². The first-order valence-corrected chi connectivity index (χ1v) is 8.61. The van der Waals surface area contributed by atoms with E-state index in [1.165, 1.54) is 19.2 Å². The van der Waals surface area contributed by atoms with Gasteiger partial charge in [0.25, 0.3) is 11.5 Å². The lowest BCUT2D eigenvalue weighted by Gasteiger charge is -2.11. The van der Waals surface area contributed by atoms with E-state index in [4.69, 9.17) is 16.3 Å². The van der Waals surface area contributed by atoms with Crippen molar-refractivity contribution in [3.8, 4) is 0 Å². The van der Waals surface area contributed by atoms with Crippen LogP contribution < -0.4 is 10.9 Å². The second-order valence-electron chi connectivity index (χ2n) is 6.00. The molecule has 0 saturated heterocycles. The Kier molecular flexibility index (Phi) is 5.74. The third-order valence-corrected chi connectivity index (χ3v) is 4.20. The molecule has 0 fully saturated rings. The van der Waals surface area contributed by atoms with E-state index in [0.29, 0.717) is 12.3 Å². The highest BCUT2D eigenvalue weighted by Crippen LogP contribution is 2.32. The van der Waals surface area contributed by atoms with Crippen LogP contribution in [0.15, 0.2) is 41.3 Å². The highest BCUT2D eigenvalue weighted by atomic mass is 35.5. The lowest BCUT2D eigenvalue weighted by molar-refractivity contribution is -0.137. The number of hydrogen-bond donors (Lipinski definition) is 1. The highest BCUT2D eigenvalue weighted by Gasteiger charge is 2.31. The van der Waals surface area contributed by atoms with Gasteiger partial charge in [0.2, 0.25) is 0 Å². The van der Waals surface area contributed by atoms with Crippen LogP contribution in [0.3, 0.4) is 0 Å². The number of esters is 1. The zero-order valence-electron chi connectivity index (χ0n) is 15.2. The number of benzene rings is 1. The molecule has 0 saturated carbocycles. The number of ether oxygens (including phenoxy) is 1. The lowest BCUT2D eigenvalue weighted by atomic mass is 10.1. The number of nitrogens with one attached hydrogen (secondary N) is 1. The first kappa shape index (κ1) is 21.2. The van der Waals surface area contributed by atoms with Crippen LogP contribution in [0.1, 0.15) is 16.1 Å². The van der Waals surface area contributed by atoms with Crippen molar-refractivity contribution in [3.63, 3.8) is 0 Å². The first-order chi connectivity index (χ1) is 14.1. The van der Waals surface area contributed by atoms with Crippen LogP contribution in [0, 0.1) is 0 Å². The summed E-state index contributed by atoms with van der Waals surface area (Å²) < 4.78 is 43.7. The molecule has 3 aromatic rings. The fourth-order valence-corrected chi connectivity index (χ4v) is 2.72. The molecule has 0 bridgehead atoms. The average Bonchev–Trinajstić information content (AvgIpc) is 2.69. The van der Waals surface area contributed by atoms with Crippen LogP contribution in [0.2, 0.25) is 5.02 Å². The Bertz CT molecular complexity index is 1210. The van der Waals surface area contributed by atoms with Gasteiger partial charge in [-0.05, 0) is 12.1 Å². The second kappa shape index (κ2) is 8.11. The van der Waals surface area contributed by atoms with E-state index in [2.05, 4.69) is 15.4 Å². The zero-order valence-corrected chi connectivity index (χ0v) is 15.9. The van der Waals surface area contributed by atoms with E-state index in [0.717, 1.165) is 4.68 Å². The van der Waals surface area contributed by atoms with Gasteiger partial charge in [0.1, 0.15) is 0 Å². The second-order valence-corrected chi connectivity index (χ2v) is 6.41. The summed E-state index contributed by atoms with van der Waals surface area (Å²) in [4.78, 5) is 39.9. The van der Waals surface area contributed by atoms with E-state index in [1.54, 1.807) is 12.1 Å². The molecule has 8 nitrogen and oxygen atoms in total. The Morgan fingerprint density at radius 2 is 1.90 bits per heavy atom. The van der Waals surface area contributed by atoms with E-state index >= 15 is 0 Å². The van der Waals surface area contributed by atoms with Crippen molar-refractivity contribution in [3.05, 3.63) is 63.2 Å². The molecule has 156 valence electrons. The third-order valence-electron chi connectivity index (χ3n) is 3.91. The number of aryl methyl sites for hydroxylation is 1. The number of aromatic nitrogens is 3.